The maximum Gasteiger partial charge on any atom is 0.180 e. The minimum atomic E-state index is -0.750. The molecule has 0 saturated heterocycles. The van der Waals surface area contributed by atoms with Crippen molar-refractivity contribution in [3.05, 3.63) is 0 Å². The molecule has 0 atom stereocenters. The molecular formula is CHBCl3. The first-order valence-corrected chi connectivity index (χ1v) is 1.96. The molecule has 0 aromatic carbocycles. The van der Waals surface area contributed by atoms with E-state index in [1.807, 2.05) is 0 Å². The highest BCUT2D eigenvalue weighted by Gasteiger charge is 1.78. The van der Waals surface area contributed by atoms with Crippen molar-refractivity contribution < 1.29 is 0 Å². The van der Waals surface area contributed by atoms with Gasteiger partial charge >= 0.3 is 0 Å². The molecule has 0 rings (SSSR count). The van der Waals surface area contributed by atoms with E-state index in [4.69, 9.17) is 34.8 Å². The van der Waals surface area contributed by atoms with Crippen LogP contribution in [0.15, 0.2) is 0 Å². The molecular weight excluding hydrogens is 129 g/mol. The summed E-state index contributed by atoms with van der Waals surface area (Å²) in [6, 6.07) is 0. The van der Waals surface area contributed by atoms with Crippen LogP contribution in [-0.2, 0) is 0 Å². The molecule has 0 aliphatic heterocycles. The molecule has 0 bridgehead atoms. The molecule has 0 spiro atoms. The van der Waals surface area contributed by atoms with Crippen LogP contribution < -0.4 is 0 Å². The summed E-state index contributed by atoms with van der Waals surface area (Å²) >= 11 is 14.4. The van der Waals surface area contributed by atoms with Crippen molar-refractivity contribution in [3.8, 4) is 0 Å². The number of hydrogen-bond donors (Lipinski definition) is 0. The summed E-state index contributed by atoms with van der Waals surface area (Å²) in [5.41, 5.74) is 0. The second-order valence-corrected chi connectivity index (χ2v) is 2.23. The fraction of sp³-hybridized carbons (Fsp3) is 1.00. The van der Waals surface area contributed by atoms with Crippen molar-refractivity contribution in [2.75, 3.05) is 0 Å². The first kappa shape index (κ1) is 9.33. The molecule has 0 heterocycles. The van der Waals surface area contributed by atoms with E-state index in [1.165, 1.54) is 0 Å². The van der Waals surface area contributed by atoms with Crippen LogP contribution in [0.5, 0.6) is 0 Å². The summed E-state index contributed by atoms with van der Waals surface area (Å²) in [7, 11) is 0. The molecule has 3 radical (unpaired) electrons. The second kappa shape index (κ2) is 4.93. The summed E-state index contributed by atoms with van der Waals surface area (Å²) in [5.74, 6) is 0. The molecule has 0 saturated carbocycles. The fourth-order valence-electron chi connectivity index (χ4n) is 0. The smallest absolute Gasteiger partial charge is 0.0874 e. The number of alkyl halides is 3. The van der Waals surface area contributed by atoms with Crippen molar-refractivity contribution in [2.24, 2.45) is 0 Å². The third-order valence-electron chi connectivity index (χ3n) is 0. The van der Waals surface area contributed by atoms with Gasteiger partial charge in [0.1, 0.15) is 0 Å². The van der Waals surface area contributed by atoms with E-state index in [9.17, 15) is 0 Å². The molecule has 0 aromatic heterocycles. The topological polar surface area (TPSA) is 0 Å². The summed E-state index contributed by atoms with van der Waals surface area (Å²) in [6.45, 7) is 0. The Balaban J connectivity index is 0. The van der Waals surface area contributed by atoms with Crippen LogP contribution in [0.3, 0.4) is 0 Å². The molecule has 4 heteroatoms. The monoisotopic (exact) mass is 129 g/mol. The van der Waals surface area contributed by atoms with Gasteiger partial charge in [0.05, 0.1) is 0 Å². The Bertz CT molecular complexity index is 11.6. The molecule has 0 N–H and O–H groups in total. The van der Waals surface area contributed by atoms with Crippen LogP contribution in [0.1, 0.15) is 0 Å². The zero-order valence-corrected chi connectivity index (χ0v) is 4.56. The van der Waals surface area contributed by atoms with Gasteiger partial charge in [0.25, 0.3) is 0 Å². The lowest BCUT2D eigenvalue weighted by atomic mass is 10.8. The van der Waals surface area contributed by atoms with E-state index >= 15 is 0 Å². The average molecular weight is 130 g/mol. The van der Waals surface area contributed by atoms with Crippen molar-refractivity contribution in [3.63, 3.8) is 0 Å². The molecule has 0 unspecified atom stereocenters. The standard InChI is InChI=1S/CHCl3.B/c2-1(3)4;/h1H;. The normalized spacial score (nSPS) is 7.20. The van der Waals surface area contributed by atoms with Gasteiger partial charge in [-0.1, -0.05) is 34.8 Å². The summed E-state index contributed by atoms with van der Waals surface area (Å²) in [4.78, 5) is 0. The van der Waals surface area contributed by atoms with Gasteiger partial charge in [0.15, 0.2) is 4.30 Å². The molecule has 5 heavy (non-hydrogen) atoms. The Morgan fingerprint density at radius 3 is 1.00 bits per heavy atom. The maximum atomic E-state index is 4.81. The molecule has 0 nitrogen and oxygen atoms in total. The van der Waals surface area contributed by atoms with Gasteiger partial charge < -0.3 is 0 Å². The summed E-state index contributed by atoms with van der Waals surface area (Å²) in [5, 5.41) is 0. The van der Waals surface area contributed by atoms with Crippen LogP contribution in [0.4, 0.5) is 0 Å². The quantitative estimate of drug-likeness (QED) is 0.345. The summed E-state index contributed by atoms with van der Waals surface area (Å²) < 4.78 is -0.750. The maximum absolute atomic E-state index is 4.81. The van der Waals surface area contributed by atoms with Gasteiger partial charge in [0, 0.05) is 8.41 Å². The van der Waals surface area contributed by atoms with Gasteiger partial charge in [-0.05, 0) is 0 Å². The molecule has 29 valence electrons. The Kier molecular flexibility index (Phi) is 9.21. The van der Waals surface area contributed by atoms with Gasteiger partial charge in [-0.25, -0.2) is 0 Å². The average Bonchev–Trinajstić information content (AvgIpc) is 0.811. The van der Waals surface area contributed by atoms with Crippen molar-refractivity contribution in [1.82, 2.24) is 0 Å². The van der Waals surface area contributed by atoms with Gasteiger partial charge in [-0.15, -0.1) is 0 Å². The first-order chi connectivity index (χ1) is 1.73. The Labute approximate surface area is 48.0 Å². The predicted molar refractivity (Wildman–Crippen MR) is 27.1 cm³/mol. The predicted octanol–water partition coefficient (Wildman–Crippen LogP) is 1.61. The van der Waals surface area contributed by atoms with E-state index in [-0.39, 0.29) is 8.41 Å². The Morgan fingerprint density at radius 1 is 1.00 bits per heavy atom. The third-order valence-corrected chi connectivity index (χ3v) is 0. The zero-order valence-electron chi connectivity index (χ0n) is 2.29. The third kappa shape index (κ3) is 48.6. The van der Waals surface area contributed by atoms with E-state index < -0.39 is 4.30 Å². The lowest BCUT2D eigenvalue weighted by Crippen LogP contribution is -1.55. The molecule has 0 aliphatic carbocycles. The van der Waals surface area contributed by atoms with Crippen molar-refractivity contribution in [2.45, 2.75) is 4.30 Å². The largest absolute Gasteiger partial charge is 0.180 e. The van der Waals surface area contributed by atoms with Crippen molar-refractivity contribution >= 4 is 43.2 Å². The van der Waals surface area contributed by atoms with Gasteiger partial charge in [0.2, 0.25) is 0 Å². The lowest BCUT2D eigenvalue weighted by molar-refractivity contribution is 1.96. The van der Waals surface area contributed by atoms with Crippen LogP contribution in [-0.4, -0.2) is 12.7 Å². The van der Waals surface area contributed by atoms with Crippen LogP contribution in [0.2, 0.25) is 0 Å². The first-order valence-electron chi connectivity index (χ1n) is 0.655. The van der Waals surface area contributed by atoms with Crippen LogP contribution in [0.25, 0.3) is 0 Å². The Hall–Kier alpha value is 0.935. The minimum Gasteiger partial charge on any atom is -0.0874 e. The highest BCUT2D eigenvalue weighted by molar-refractivity contribution is 6.63. The fourth-order valence-corrected chi connectivity index (χ4v) is 0. The Morgan fingerprint density at radius 2 is 1.00 bits per heavy atom. The molecule has 0 amide bonds. The second-order valence-electron chi connectivity index (χ2n) is 0.247. The van der Waals surface area contributed by atoms with Gasteiger partial charge in [-0.2, -0.15) is 0 Å². The highest BCUT2D eigenvalue weighted by atomic mass is 35.6. The molecule has 0 aromatic rings. The summed E-state index contributed by atoms with van der Waals surface area (Å²) in [6.07, 6.45) is 0. The van der Waals surface area contributed by atoms with E-state index in [0.717, 1.165) is 0 Å². The van der Waals surface area contributed by atoms with Crippen LogP contribution >= 0.6 is 34.8 Å². The van der Waals surface area contributed by atoms with Gasteiger partial charge in [-0.3, -0.25) is 0 Å². The van der Waals surface area contributed by atoms with Crippen LogP contribution in [0, 0.1) is 0 Å². The number of halogens is 3. The molecule has 0 aliphatic rings. The number of rotatable bonds is 0. The lowest BCUT2D eigenvalue weighted by Gasteiger charge is -1.69. The number of hydrogen-bond acceptors (Lipinski definition) is 0. The van der Waals surface area contributed by atoms with Crippen molar-refractivity contribution in [1.29, 1.82) is 0 Å². The highest BCUT2D eigenvalue weighted by Crippen LogP contribution is 2.03. The van der Waals surface area contributed by atoms with E-state index in [0.29, 0.717) is 0 Å². The molecule has 0 fully saturated rings. The van der Waals surface area contributed by atoms with E-state index in [2.05, 4.69) is 0 Å². The minimum absolute atomic E-state index is 0. The van der Waals surface area contributed by atoms with E-state index in [1.54, 1.807) is 0 Å². The SMILES string of the molecule is ClC(Cl)Cl.[B]. The zero-order chi connectivity index (χ0) is 3.58.